The third-order valence-electron chi connectivity index (χ3n) is 3.83. The molecule has 1 amide bonds. The Bertz CT molecular complexity index is 931. The summed E-state index contributed by atoms with van der Waals surface area (Å²) in [6, 6.07) is 16.5. The van der Waals surface area contributed by atoms with E-state index in [-0.39, 0.29) is 0 Å². The van der Waals surface area contributed by atoms with Crippen LogP contribution in [0.2, 0.25) is 0 Å². The molecule has 2 aromatic carbocycles. The molecule has 0 fully saturated rings. The highest BCUT2D eigenvalue weighted by atomic mass is 79.9. The van der Waals surface area contributed by atoms with E-state index in [1.165, 1.54) is 0 Å². The van der Waals surface area contributed by atoms with Gasteiger partial charge < -0.3 is 5.32 Å². The second-order valence-corrected chi connectivity index (χ2v) is 6.50. The summed E-state index contributed by atoms with van der Waals surface area (Å²) in [5.74, 6) is -1.28. The van der Waals surface area contributed by atoms with E-state index in [4.69, 9.17) is 0 Å². The van der Waals surface area contributed by atoms with Crippen molar-refractivity contribution in [2.75, 3.05) is 5.32 Å². The summed E-state index contributed by atoms with van der Waals surface area (Å²) in [5.41, 5.74) is 2.90. The standard InChI is InChI=1S/C19H16BrN3O2/c1-12-17(13(2)23(22-12)16-6-4-3-5-7-16)18(24)19(25)21-15-10-8-14(20)9-11-15/h3-11H,1-2H3,(H,21,25). The highest BCUT2D eigenvalue weighted by molar-refractivity contribution is 9.10. The van der Waals surface area contributed by atoms with Gasteiger partial charge in [-0.15, -0.1) is 0 Å². The van der Waals surface area contributed by atoms with Crippen molar-refractivity contribution in [3.05, 3.63) is 76.0 Å². The average Bonchev–Trinajstić information content (AvgIpc) is 2.91. The molecule has 0 saturated heterocycles. The number of anilines is 1. The molecular formula is C19H16BrN3O2. The van der Waals surface area contributed by atoms with Crippen LogP contribution in [-0.4, -0.2) is 21.5 Å². The van der Waals surface area contributed by atoms with E-state index in [1.54, 1.807) is 42.8 Å². The van der Waals surface area contributed by atoms with Gasteiger partial charge in [-0.2, -0.15) is 5.10 Å². The van der Waals surface area contributed by atoms with Crippen molar-refractivity contribution in [1.29, 1.82) is 0 Å². The van der Waals surface area contributed by atoms with Crippen LogP contribution in [0.15, 0.2) is 59.1 Å². The minimum atomic E-state index is -0.680. The molecule has 3 aromatic rings. The van der Waals surface area contributed by atoms with Crippen LogP contribution in [0, 0.1) is 13.8 Å². The lowest BCUT2D eigenvalue weighted by Crippen LogP contribution is -2.24. The normalized spacial score (nSPS) is 10.5. The first-order chi connectivity index (χ1) is 12.0. The van der Waals surface area contributed by atoms with Crippen molar-refractivity contribution in [2.24, 2.45) is 0 Å². The Balaban J connectivity index is 1.88. The summed E-state index contributed by atoms with van der Waals surface area (Å²) in [6.45, 7) is 3.51. The van der Waals surface area contributed by atoms with Crippen LogP contribution in [0.3, 0.4) is 0 Å². The largest absolute Gasteiger partial charge is 0.319 e. The summed E-state index contributed by atoms with van der Waals surface area (Å²) in [5, 5.41) is 7.04. The van der Waals surface area contributed by atoms with Crippen molar-refractivity contribution in [3.8, 4) is 5.69 Å². The number of amides is 1. The van der Waals surface area contributed by atoms with Gasteiger partial charge in [-0.25, -0.2) is 4.68 Å². The van der Waals surface area contributed by atoms with E-state index in [2.05, 4.69) is 26.3 Å². The lowest BCUT2D eigenvalue weighted by atomic mass is 10.1. The fraction of sp³-hybridized carbons (Fsp3) is 0.105. The van der Waals surface area contributed by atoms with Gasteiger partial charge in [-0.3, -0.25) is 9.59 Å². The zero-order valence-corrected chi connectivity index (χ0v) is 15.4. The minimum absolute atomic E-state index is 0.332. The van der Waals surface area contributed by atoms with Gasteiger partial charge in [0.1, 0.15) is 0 Å². The Morgan fingerprint density at radius 2 is 1.64 bits per heavy atom. The summed E-state index contributed by atoms with van der Waals surface area (Å²) in [6.07, 6.45) is 0. The maximum Gasteiger partial charge on any atom is 0.296 e. The highest BCUT2D eigenvalue weighted by Gasteiger charge is 2.25. The van der Waals surface area contributed by atoms with Crippen molar-refractivity contribution < 1.29 is 9.59 Å². The van der Waals surface area contributed by atoms with E-state index in [0.717, 1.165) is 10.2 Å². The highest BCUT2D eigenvalue weighted by Crippen LogP contribution is 2.19. The number of halogens is 1. The maximum absolute atomic E-state index is 12.6. The SMILES string of the molecule is Cc1nn(-c2ccccc2)c(C)c1C(=O)C(=O)Nc1ccc(Br)cc1. The number of para-hydroxylation sites is 1. The second-order valence-electron chi connectivity index (χ2n) is 5.58. The van der Waals surface area contributed by atoms with Crippen LogP contribution in [0.4, 0.5) is 5.69 Å². The predicted octanol–water partition coefficient (Wildman–Crippen LogP) is 4.07. The van der Waals surface area contributed by atoms with Crippen molar-refractivity contribution in [1.82, 2.24) is 9.78 Å². The zero-order valence-electron chi connectivity index (χ0n) is 13.8. The van der Waals surface area contributed by atoms with Crippen LogP contribution < -0.4 is 5.32 Å². The van der Waals surface area contributed by atoms with Crippen LogP contribution in [0.25, 0.3) is 5.69 Å². The molecule has 0 aliphatic rings. The number of nitrogens with one attached hydrogen (secondary N) is 1. The number of nitrogens with zero attached hydrogens (tertiary/aromatic N) is 2. The molecule has 0 unspecified atom stereocenters. The number of ketones is 1. The second kappa shape index (κ2) is 7.03. The molecule has 1 N–H and O–H groups in total. The number of carbonyl (C=O) groups is 2. The monoisotopic (exact) mass is 397 g/mol. The van der Waals surface area contributed by atoms with E-state index < -0.39 is 11.7 Å². The molecule has 25 heavy (non-hydrogen) atoms. The topological polar surface area (TPSA) is 64.0 Å². The summed E-state index contributed by atoms with van der Waals surface area (Å²) in [4.78, 5) is 25.0. The van der Waals surface area contributed by atoms with E-state index in [1.807, 2.05) is 30.3 Å². The molecule has 0 saturated carbocycles. The van der Waals surface area contributed by atoms with Gasteiger partial charge in [-0.1, -0.05) is 34.1 Å². The zero-order chi connectivity index (χ0) is 18.0. The first kappa shape index (κ1) is 17.1. The van der Waals surface area contributed by atoms with Crippen LogP contribution >= 0.6 is 15.9 Å². The average molecular weight is 398 g/mol. The van der Waals surface area contributed by atoms with Crippen molar-refractivity contribution >= 4 is 33.3 Å². The number of hydrogen-bond donors (Lipinski definition) is 1. The fourth-order valence-electron chi connectivity index (χ4n) is 2.63. The molecule has 3 rings (SSSR count). The molecule has 0 aliphatic carbocycles. The van der Waals surface area contributed by atoms with Gasteiger partial charge in [0.05, 0.1) is 22.6 Å². The fourth-order valence-corrected chi connectivity index (χ4v) is 2.89. The lowest BCUT2D eigenvalue weighted by Gasteiger charge is -2.06. The van der Waals surface area contributed by atoms with E-state index >= 15 is 0 Å². The number of hydrogen-bond acceptors (Lipinski definition) is 3. The smallest absolute Gasteiger partial charge is 0.296 e. The Labute approximate surface area is 153 Å². The number of aryl methyl sites for hydroxylation is 1. The minimum Gasteiger partial charge on any atom is -0.319 e. The molecule has 0 bridgehead atoms. The quantitative estimate of drug-likeness (QED) is 0.532. The number of benzene rings is 2. The van der Waals surface area contributed by atoms with Gasteiger partial charge in [0.25, 0.3) is 11.7 Å². The molecule has 0 radical (unpaired) electrons. The van der Waals surface area contributed by atoms with Gasteiger partial charge in [0.15, 0.2) is 0 Å². The third-order valence-corrected chi connectivity index (χ3v) is 4.36. The number of aromatic nitrogens is 2. The summed E-state index contributed by atoms with van der Waals surface area (Å²) >= 11 is 3.33. The van der Waals surface area contributed by atoms with Gasteiger partial charge in [0, 0.05) is 10.2 Å². The first-order valence-corrected chi connectivity index (χ1v) is 8.49. The first-order valence-electron chi connectivity index (χ1n) is 7.70. The molecular weight excluding hydrogens is 382 g/mol. The Morgan fingerprint density at radius 1 is 1.00 bits per heavy atom. The molecule has 5 nitrogen and oxygen atoms in total. The van der Waals surface area contributed by atoms with E-state index in [9.17, 15) is 9.59 Å². The molecule has 0 atom stereocenters. The molecule has 0 spiro atoms. The van der Waals surface area contributed by atoms with Crippen molar-refractivity contribution in [2.45, 2.75) is 13.8 Å². The van der Waals surface area contributed by atoms with Gasteiger partial charge in [0.2, 0.25) is 0 Å². The van der Waals surface area contributed by atoms with Gasteiger partial charge in [-0.05, 0) is 50.2 Å². The molecule has 0 aliphatic heterocycles. The number of carbonyl (C=O) groups excluding carboxylic acids is 2. The summed E-state index contributed by atoms with van der Waals surface area (Å²) < 4.78 is 2.57. The Morgan fingerprint density at radius 3 is 2.28 bits per heavy atom. The predicted molar refractivity (Wildman–Crippen MR) is 100 cm³/mol. The Kier molecular flexibility index (Phi) is 4.81. The number of rotatable bonds is 4. The maximum atomic E-state index is 12.6. The number of Topliss-reactive ketones (excluding diaryl/α,β-unsaturated/α-hetero) is 1. The molecule has 126 valence electrons. The molecule has 1 aromatic heterocycles. The third kappa shape index (κ3) is 3.53. The van der Waals surface area contributed by atoms with Crippen LogP contribution in [-0.2, 0) is 4.79 Å². The van der Waals surface area contributed by atoms with Crippen LogP contribution in [0.5, 0.6) is 0 Å². The van der Waals surface area contributed by atoms with Crippen molar-refractivity contribution in [3.63, 3.8) is 0 Å². The molecule has 6 heteroatoms. The van der Waals surface area contributed by atoms with Gasteiger partial charge >= 0.3 is 0 Å². The molecule has 1 heterocycles. The lowest BCUT2D eigenvalue weighted by molar-refractivity contribution is -0.112. The van der Waals surface area contributed by atoms with E-state index in [0.29, 0.717) is 22.6 Å². The van der Waals surface area contributed by atoms with Crippen LogP contribution in [0.1, 0.15) is 21.7 Å². The Hall–Kier alpha value is -2.73. The summed E-state index contributed by atoms with van der Waals surface area (Å²) in [7, 11) is 0.